The highest BCUT2D eigenvalue weighted by Gasteiger charge is 2.13. The number of hydrogen-bond donors (Lipinski definition) is 3. The molecule has 2 aromatic carbocycles. The first kappa shape index (κ1) is 19.4. The Labute approximate surface area is 163 Å². The maximum Gasteiger partial charge on any atom is 0.251 e. The molecule has 1 heterocycles. The number of phenols is 1. The summed E-state index contributed by atoms with van der Waals surface area (Å²) in [5.41, 5.74) is 2.51. The molecule has 0 aliphatic carbocycles. The highest BCUT2D eigenvalue weighted by atomic mass is 16.3. The molecule has 3 N–H and O–H groups in total. The van der Waals surface area contributed by atoms with E-state index in [1.54, 1.807) is 24.0 Å². The molecule has 0 saturated carbocycles. The van der Waals surface area contributed by atoms with Crippen LogP contribution in [0.3, 0.4) is 0 Å². The predicted octanol–water partition coefficient (Wildman–Crippen LogP) is 3.19. The molecule has 7 nitrogen and oxygen atoms in total. The number of amides is 2. The Hall–Kier alpha value is -3.35. The van der Waals surface area contributed by atoms with Crippen molar-refractivity contribution >= 4 is 28.4 Å². The SMILES string of the molecule is CC[C@@H](C)C(=O)Nc1cccc(CNC(=O)c2cc(O)c3c(cnn3C)c2)c1. The first-order valence-electron chi connectivity index (χ1n) is 9.21. The van der Waals surface area contributed by atoms with Crippen LogP contribution in [0.1, 0.15) is 36.2 Å². The lowest BCUT2D eigenvalue weighted by Crippen LogP contribution is -2.23. The van der Waals surface area contributed by atoms with Gasteiger partial charge in [0.05, 0.1) is 6.20 Å². The summed E-state index contributed by atoms with van der Waals surface area (Å²) in [5, 5.41) is 20.7. The number of phenolic OH excluding ortho intramolecular Hbond substituents is 1. The first-order valence-corrected chi connectivity index (χ1v) is 9.21. The molecule has 7 heteroatoms. The molecule has 0 aliphatic heterocycles. The van der Waals surface area contributed by atoms with Crippen LogP contribution in [0, 0.1) is 5.92 Å². The lowest BCUT2D eigenvalue weighted by Gasteiger charge is -2.12. The Bertz CT molecular complexity index is 1030. The maximum absolute atomic E-state index is 12.5. The van der Waals surface area contributed by atoms with Crippen LogP contribution in [0.15, 0.2) is 42.6 Å². The molecule has 0 radical (unpaired) electrons. The van der Waals surface area contributed by atoms with Gasteiger partial charge in [-0.3, -0.25) is 14.3 Å². The van der Waals surface area contributed by atoms with E-state index in [-0.39, 0.29) is 23.5 Å². The lowest BCUT2D eigenvalue weighted by molar-refractivity contribution is -0.119. The number of aryl methyl sites for hydroxylation is 1. The molecule has 0 bridgehead atoms. The van der Waals surface area contributed by atoms with Crippen LogP contribution in [-0.2, 0) is 18.4 Å². The minimum absolute atomic E-state index is 0.0115. The van der Waals surface area contributed by atoms with Crippen LogP contribution in [0.2, 0.25) is 0 Å². The highest BCUT2D eigenvalue weighted by molar-refractivity contribution is 5.99. The first-order chi connectivity index (χ1) is 13.4. The van der Waals surface area contributed by atoms with E-state index in [0.29, 0.717) is 28.7 Å². The van der Waals surface area contributed by atoms with Crippen molar-refractivity contribution < 1.29 is 14.7 Å². The Kier molecular flexibility index (Phi) is 5.63. The van der Waals surface area contributed by atoms with Gasteiger partial charge in [-0.1, -0.05) is 26.0 Å². The lowest BCUT2D eigenvalue weighted by atomic mass is 10.1. The molecular formula is C21H24N4O3. The number of nitrogens with one attached hydrogen (secondary N) is 2. The zero-order chi connectivity index (χ0) is 20.3. The van der Waals surface area contributed by atoms with E-state index in [1.165, 1.54) is 6.07 Å². The number of benzene rings is 2. The van der Waals surface area contributed by atoms with E-state index in [0.717, 1.165) is 12.0 Å². The summed E-state index contributed by atoms with van der Waals surface area (Å²) >= 11 is 0. The summed E-state index contributed by atoms with van der Waals surface area (Å²) in [6, 6.07) is 10.5. The third-order valence-electron chi connectivity index (χ3n) is 4.78. The van der Waals surface area contributed by atoms with Gasteiger partial charge in [0, 0.05) is 36.1 Å². The number of rotatable bonds is 6. The fraction of sp³-hybridized carbons (Fsp3) is 0.286. The summed E-state index contributed by atoms with van der Waals surface area (Å²) in [5.74, 6) is -0.366. The molecule has 1 aromatic heterocycles. The predicted molar refractivity (Wildman–Crippen MR) is 108 cm³/mol. The molecule has 28 heavy (non-hydrogen) atoms. The summed E-state index contributed by atoms with van der Waals surface area (Å²) in [6.45, 7) is 4.16. The van der Waals surface area contributed by atoms with Gasteiger partial charge in [-0.15, -0.1) is 0 Å². The standard InChI is InChI=1S/C21H24N4O3/c1-4-13(2)20(27)24-17-7-5-6-14(8-17)11-22-21(28)15-9-16-12-23-25(3)19(16)18(26)10-15/h5-10,12-13,26H,4,11H2,1-3H3,(H,22,28)(H,24,27)/t13-/m1/s1. The molecule has 0 aliphatic rings. The van der Waals surface area contributed by atoms with Crippen molar-refractivity contribution in [3.63, 3.8) is 0 Å². The van der Waals surface area contributed by atoms with Gasteiger partial charge in [-0.05, 0) is 36.2 Å². The Morgan fingerprint density at radius 1 is 1.25 bits per heavy atom. The molecule has 3 aromatic rings. The molecule has 0 spiro atoms. The Morgan fingerprint density at radius 3 is 2.79 bits per heavy atom. The second-order valence-electron chi connectivity index (χ2n) is 6.88. The summed E-state index contributed by atoms with van der Waals surface area (Å²) in [6.07, 6.45) is 2.38. The van der Waals surface area contributed by atoms with Crippen molar-refractivity contribution in [3.05, 3.63) is 53.7 Å². The number of hydrogen-bond acceptors (Lipinski definition) is 4. The van der Waals surface area contributed by atoms with Crippen molar-refractivity contribution in [2.75, 3.05) is 5.32 Å². The molecular weight excluding hydrogens is 356 g/mol. The fourth-order valence-corrected chi connectivity index (χ4v) is 2.92. The van der Waals surface area contributed by atoms with Gasteiger partial charge in [0.15, 0.2) is 0 Å². The van der Waals surface area contributed by atoms with Crippen molar-refractivity contribution in [2.45, 2.75) is 26.8 Å². The zero-order valence-electron chi connectivity index (χ0n) is 16.2. The summed E-state index contributed by atoms with van der Waals surface area (Å²) in [7, 11) is 1.73. The molecule has 0 fully saturated rings. The van der Waals surface area contributed by atoms with E-state index in [1.807, 2.05) is 38.1 Å². The van der Waals surface area contributed by atoms with E-state index in [2.05, 4.69) is 15.7 Å². The van der Waals surface area contributed by atoms with Gasteiger partial charge in [0.1, 0.15) is 11.3 Å². The highest BCUT2D eigenvalue weighted by Crippen LogP contribution is 2.25. The second kappa shape index (κ2) is 8.12. The number of nitrogens with zero attached hydrogens (tertiary/aromatic N) is 2. The zero-order valence-corrected chi connectivity index (χ0v) is 16.2. The number of aromatic hydroxyl groups is 1. The Balaban J connectivity index is 1.68. The normalized spacial score (nSPS) is 12.0. The minimum Gasteiger partial charge on any atom is -0.506 e. The number of anilines is 1. The molecule has 3 rings (SSSR count). The maximum atomic E-state index is 12.5. The smallest absolute Gasteiger partial charge is 0.251 e. The van der Waals surface area contributed by atoms with E-state index >= 15 is 0 Å². The minimum atomic E-state index is -0.296. The second-order valence-corrected chi connectivity index (χ2v) is 6.88. The monoisotopic (exact) mass is 380 g/mol. The van der Waals surface area contributed by atoms with Gasteiger partial charge in [-0.25, -0.2) is 0 Å². The van der Waals surface area contributed by atoms with Gasteiger partial charge < -0.3 is 15.7 Å². The third kappa shape index (κ3) is 4.14. The summed E-state index contributed by atoms with van der Waals surface area (Å²) < 4.78 is 1.56. The van der Waals surface area contributed by atoms with Crippen molar-refractivity contribution in [3.8, 4) is 5.75 Å². The van der Waals surface area contributed by atoms with Gasteiger partial charge in [-0.2, -0.15) is 5.10 Å². The third-order valence-corrected chi connectivity index (χ3v) is 4.78. The molecule has 0 saturated heterocycles. The van der Waals surface area contributed by atoms with Crippen LogP contribution in [0.4, 0.5) is 5.69 Å². The van der Waals surface area contributed by atoms with E-state index in [4.69, 9.17) is 0 Å². The average molecular weight is 380 g/mol. The Morgan fingerprint density at radius 2 is 2.04 bits per heavy atom. The molecule has 1 atom stereocenters. The van der Waals surface area contributed by atoms with Crippen LogP contribution < -0.4 is 10.6 Å². The topological polar surface area (TPSA) is 96.2 Å². The van der Waals surface area contributed by atoms with Gasteiger partial charge in [0.25, 0.3) is 5.91 Å². The van der Waals surface area contributed by atoms with Crippen LogP contribution in [-0.4, -0.2) is 26.7 Å². The van der Waals surface area contributed by atoms with Crippen LogP contribution in [0.5, 0.6) is 5.75 Å². The molecule has 2 amide bonds. The van der Waals surface area contributed by atoms with Gasteiger partial charge in [0.2, 0.25) is 5.91 Å². The number of carbonyl (C=O) groups is 2. The molecule has 146 valence electrons. The molecule has 0 unspecified atom stereocenters. The average Bonchev–Trinajstić information content (AvgIpc) is 3.07. The quantitative estimate of drug-likeness (QED) is 0.612. The van der Waals surface area contributed by atoms with Crippen LogP contribution in [0.25, 0.3) is 10.9 Å². The number of aromatic nitrogens is 2. The fourth-order valence-electron chi connectivity index (χ4n) is 2.92. The number of fused-ring (bicyclic) bond motifs is 1. The largest absolute Gasteiger partial charge is 0.506 e. The van der Waals surface area contributed by atoms with Crippen LogP contribution >= 0.6 is 0 Å². The van der Waals surface area contributed by atoms with E-state index in [9.17, 15) is 14.7 Å². The van der Waals surface area contributed by atoms with Crippen molar-refractivity contribution in [1.29, 1.82) is 0 Å². The summed E-state index contributed by atoms with van der Waals surface area (Å²) in [4.78, 5) is 24.5. The van der Waals surface area contributed by atoms with Crippen molar-refractivity contribution in [1.82, 2.24) is 15.1 Å². The van der Waals surface area contributed by atoms with Crippen molar-refractivity contribution in [2.24, 2.45) is 13.0 Å². The van der Waals surface area contributed by atoms with E-state index < -0.39 is 0 Å². The van der Waals surface area contributed by atoms with Gasteiger partial charge >= 0.3 is 0 Å². The number of carbonyl (C=O) groups excluding carboxylic acids is 2.